The van der Waals surface area contributed by atoms with Crippen LogP contribution in [0.15, 0.2) is 60.7 Å². The van der Waals surface area contributed by atoms with Gasteiger partial charge in [0.25, 0.3) is 0 Å². The maximum Gasteiger partial charge on any atom is 0.184 e. The molecule has 0 atom stereocenters. The van der Waals surface area contributed by atoms with Crippen LogP contribution in [0.4, 0.5) is 4.39 Å². The van der Waals surface area contributed by atoms with Gasteiger partial charge in [-0.1, -0.05) is 92.7 Å². The summed E-state index contributed by atoms with van der Waals surface area (Å²) in [6.07, 6.45) is 10.9. The smallest absolute Gasteiger partial charge is 0.184 e. The first kappa shape index (κ1) is 24.8. The van der Waals surface area contributed by atoms with Gasteiger partial charge in [0.05, 0.1) is 11.6 Å². The Bertz CT molecular complexity index is 1050. The number of rotatable bonds is 9. The lowest BCUT2D eigenvalue weighted by Crippen LogP contribution is -2.13. The van der Waals surface area contributed by atoms with Crippen LogP contribution in [0.5, 0.6) is 5.75 Å². The van der Waals surface area contributed by atoms with Crippen LogP contribution in [0, 0.1) is 11.7 Å². The fourth-order valence-electron chi connectivity index (χ4n) is 5.28. The van der Waals surface area contributed by atoms with Crippen molar-refractivity contribution in [3.8, 4) is 28.0 Å². The van der Waals surface area contributed by atoms with E-state index in [2.05, 4.69) is 43.3 Å². The van der Waals surface area contributed by atoms with Crippen molar-refractivity contribution in [3.63, 3.8) is 0 Å². The van der Waals surface area contributed by atoms with Crippen molar-refractivity contribution in [1.82, 2.24) is 0 Å². The minimum atomic E-state index is -0.504. The van der Waals surface area contributed by atoms with Crippen molar-refractivity contribution >= 4 is 11.6 Å². The topological polar surface area (TPSA) is 9.23 Å². The summed E-state index contributed by atoms with van der Waals surface area (Å²) in [5.74, 6) is 1.34. The summed E-state index contributed by atoms with van der Waals surface area (Å²) in [7, 11) is 0. The van der Waals surface area contributed by atoms with E-state index in [1.807, 2.05) is 25.1 Å². The Morgan fingerprint density at radius 3 is 2.03 bits per heavy atom. The number of hydrogen-bond acceptors (Lipinski definition) is 1. The molecule has 1 nitrogen and oxygen atoms in total. The van der Waals surface area contributed by atoms with Crippen molar-refractivity contribution in [2.24, 2.45) is 5.92 Å². The van der Waals surface area contributed by atoms with Crippen LogP contribution in [0.2, 0.25) is 5.02 Å². The van der Waals surface area contributed by atoms with Gasteiger partial charge in [0, 0.05) is 5.56 Å². The van der Waals surface area contributed by atoms with Crippen molar-refractivity contribution in [3.05, 3.63) is 77.1 Å². The van der Waals surface area contributed by atoms with E-state index in [-0.39, 0.29) is 10.8 Å². The first-order chi connectivity index (χ1) is 16.6. The standard InChI is InChI=1S/C31H36ClFO/c1-3-5-6-7-22-8-10-23(11-9-22)24-12-14-25(15-13-24)26-16-18-27(19-17-26)28-20-21-29(34-4-2)31(33)30(28)32/h12-23H,3-11H2,1-2H3. The molecule has 0 heterocycles. The zero-order valence-electron chi connectivity index (χ0n) is 20.5. The molecule has 0 radical (unpaired) electrons. The molecule has 0 aromatic heterocycles. The molecule has 0 saturated heterocycles. The predicted octanol–water partition coefficient (Wildman–Crippen LogP) is 10.1. The predicted molar refractivity (Wildman–Crippen MR) is 142 cm³/mol. The number of halogens is 2. The van der Waals surface area contributed by atoms with E-state index in [1.165, 1.54) is 62.5 Å². The summed E-state index contributed by atoms with van der Waals surface area (Å²) in [6, 6.07) is 20.7. The summed E-state index contributed by atoms with van der Waals surface area (Å²) >= 11 is 6.30. The number of hydrogen-bond donors (Lipinski definition) is 0. The molecule has 1 aliphatic rings. The van der Waals surface area contributed by atoms with Crippen molar-refractivity contribution in [1.29, 1.82) is 0 Å². The third kappa shape index (κ3) is 5.84. The highest BCUT2D eigenvalue weighted by Crippen LogP contribution is 2.39. The van der Waals surface area contributed by atoms with Gasteiger partial charge < -0.3 is 4.74 Å². The quantitative estimate of drug-likeness (QED) is 0.278. The van der Waals surface area contributed by atoms with Crippen LogP contribution in [0.25, 0.3) is 22.3 Å². The molecule has 0 spiro atoms. The van der Waals surface area contributed by atoms with Gasteiger partial charge in [-0.05, 0) is 78.8 Å². The van der Waals surface area contributed by atoms with E-state index in [4.69, 9.17) is 16.3 Å². The molecule has 0 aliphatic heterocycles. The summed E-state index contributed by atoms with van der Waals surface area (Å²) in [5, 5.41) is 0.100. The average Bonchev–Trinajstić information content (AvgIpc) is 2.88. The molecule has 34 heavy (non-hydrogen) atoms. The average molecular weight is 479 g/mol. The highest BCUT2D eigenvalue weighted by atomic mass is 35.5. The van der Waals surface area contributed by atoms with Gasteiger partial charge in [-0.3, -0.25) is 0 Å². The highest BCUT2D eigenvalue weighted by Gasteiger charge is 2.22. The lowest BCUT2D eigenvalue weighted by Gasteiger charge is -2.29. The Morgan fingerprint density at radius 1 is 0.794 bits per heavy atom. The Labute approximate surface area is 209 Å². The molecule has 180 valence electrons. The molecule has 0 unspecified atom stereocenters. The minimum Gasteiger partial charge on any atom is -0.491 e. The van der Waals surface area contributed by atoms with Crippen molar-refractivity contribution in [2.75, 3.05) is 6.61 Å². The Morgan fingerprint density at radius 2 is 1.41 bits per heavy atom. The van der Waals surface area contributed by atoms with Crippen molar-refractivity contribution < 1.29 is 9.13 Å². The molecule has 1 fully saturated rings. The molecule has 0 N–H and O–H groups in total. The van der Waals surface area contributed by atoms with E-state index < -0.39 is 5.82 Å². The Kier molecular flexibility index (Phi) is 8.67. The molecule has 0 bridgehead atoms. The van der Waals surface area contributed by atoms with Crippen LogP contribution in [0.3, 0.4) is 0 Å². The SMILES string of the molecule is CCCCCC1CCC(c2ccc(-c3ccc(-c4ccc(OCC)c(F)c4Cl)cc3)cc2)CC1. The van der Waals surface area contributed by atoms with Gasteiger partial charge in [0.15, 0.2) is 11.6 Å². The second kappa shape index (κ2) is 11.9. The highest BCUT2D eigenvalue weighted by molar-refractivity contribution is 6.33. The zero-order chi connectivity index (χ0) is 23.9. The molecule has 0 amide bonds. The lowest BCUT2D eigenvalue weighted by molar-refractivity contribution is 0.303. The molecule has 3 aromatic carbocycles. The zero-order valence-corrected chi connectivity index (χ0v) is 21.2. The summed E-state index contributed by atoms with van der Waals surface area (Å²) in [5.41, 5.74) is 5.40. The first-order valence-corrected chi connectivity index (χ1v) is 13.3. The van der Waals surface area contributed by atoms with E-state index in [0.717, 1.165) is 17.0 Å². The van der Waals surface area contributed by atoms with E-state index in [9.17, 15) is 4.39 Å². The summed E-state index contributed by atoms with van der Waals surface area (Å²) < 4.78 is 19.8. The van der Waals surface area contributed by atoms with Gasteiger partial charge in [-0.2, -0.15) is 0 Å². The van der Waals surface area contributed by atoms with E-state index >= 15 is 0 Å². The van der Waals surface area contributed by atoms with Gasteiger partial charge >= 0.3 is 0 Å². The number of unbranched alkanes of at least 4 members (excludes halogenated alkanes) is 2. The molecule has 1 aliphatic carbocycles. The Balaban J connectivity index is 1.40. The number of benzene rings is 3. The largest absolute Gasteiger partial charge is 0.491 e. The van der Waals surface area contributed by atoms with Crippen molar-refractivity contribution in [2.45, 2.75) is 71.1 Å². The van der Waals surface area contributed by atoms with Crippen LogP contribution >= 0.6 is 11.6 Å². The van der Waals surface area contributed by atoms with Crippen LogP contribution in [-0.2, 0) is 0 Å². The molecule has 3 heteroatoms. The summed E-state index contributed by atoms with van der Waals surface area (Å²) in [6.45, 7) is 4.51. The van der Waals surface area contributed by atoms with Gasteiger partial charge in [0.1, 0.15) is 0 Å². The third-order valence-electron chi connectivity index (χ3n) is 7.32. The van der Waals surface area contributed by atoms with Gasteiger partial charge in [0.2, 0.25) is 0 Å². The Hall–Kier alpha value is -2.32. The van der Waals surface area contributed by atoms with E-state index in [0.29, 0.717) is 18.1 Å². The maximum absolute atomic E-state index is 14.5. The van der Waals surface area contributed by atoms with Crippen LogP contribution < -0.4 is 4.74 Å². The lowest BCUT2D eigenvalue weighted by atomic mass is 9.77. The van der Waals surface area contributed by atoms with Crippen LogP contribution in [-0.4, -0.2) is 6.61 Å². The molecule has 3 aromatic rings. The normalized spacial score (nSPS) is 18.1. The van der Waals surface area contributed by atoms with Crippen LogP contribution in [0.1, 0.15) is 76.7 Å². The minimum absolute atomic E-state index is 0.100. The molecule has 1 saturated carbocycles. The fraction of sp³-hybridized carbons (Fsp3) is 0.419. The van der Waals surface area contributed by atoms with Gasteiger partial charge in [-0.15, -0.1) is 0 Å². The summed E-state index contributed by atoms with van der Waals surface area (Å²) in [4.78, 5) is 0. The molecular formula is C31H36ClFO. The fourth-order valence-corrected chi connectivity index (χ4v) is 5.54. The maximum atomic E-state index is 14.5. The van der Waals surface area contributed by atoms with Gasteiger partial charge in [-0.25, -0.2) is 4.39 Å². The second-order valence-corrected chi connectivity index (χ2v) is 9.96. The number of ether oxygens (including phenoxy) is 1. The second-order valence-electron chi connectivity index (χ2n) is 9.59. The first-order valence-electron chi connectivity index (χ1n) is 12.9. The third-order valence-corrected chi connectivity index (χ3v) is 7.69. The van der Waals surface area contributed by atoms with E-state index in [1.54, 1.807) is 6.07 Å². The monoisotopic (exact) mass is 478 g/mol. The molecular weight excluding hydrogens is 443 g/mol. The molecule has 4 rings (SSSR count).